The average molecular weight is 184 g/mol. The Bertz CT molecular complexity index is 166. The maximum absolute atomic E-state index is 8.81. The second kappa shape index (κ2) is 3.95. The quantitative estimate of drug-likeness (QED) is 0.631. The van der Waals surface area contributed by atoms with E-state index in [9.17, 15) is 0 Å². The molecule has 1 heterocycles. The summed E-state index contributed by atoms with van der Waals surface area (Å²) in [5.41, 5.74) is 0. The predicted octanol–water partition coefficient (Wildman–Crippen LogP) is 0.591. The van der Waals surface area contributed by atoms with Crippen molar-refractivity contribution in [2.75, 3.05) is 19.7 Å². The first kappa shape index (κ1) is 9.44. The maximum Gasteiger partial charge on any atom is 0.0433 e. The lowest BCUT2D eigenvalue weighted by Gasteiger charge is -2.28. The number of rotatable bonds is 3. The molecule has 0 amide bonds. The molecule has 0 aromatic heterocycles. The predicted molar refractivity (Wildman–Crippen MR) is 51.8 cm³/mol. The Hall–Kier alpha value is -0.120. The Kier molecular flexibility index (Phi) is 2.86. The molecule has 2 unspecified atom stereocenters. The number of aliphatic hydroxyl groups is 1. The molecule has 1 aliphatic heterocycles. The van der Waals surface area contributed by atoms with E-state index < -0.39 is 0 Å². The Morgan fingerprint density at radius 2 is 2.00 bits per heavy atom. The van der Waals surface area contributed by atoms with Crippen molar-refractivity contribution in [3.05, 3.63) is 0 Å². The van der Waals surface area contributed by atoms with E-state index in [1.54, 1.807) is 0 Å². The largest absolute Gasteiger partial charge is 0.396 e. The zero-order chi connectivity index (χ0) is 9.26. The van der Waals surface area contributed by atoms with Crippen LogP contribution < -0.4 is 5.84 Å². The van der Waals surface area contributed by atoms with Crippen LogP contribution in [-0.2, 0) is 0 Å². The highest BCUT2D eigenvalue weighted by molar-refractivity contribution is 4.92. The van der Waals surface area contributed by atoms with Gasteiger partial charge in [-0.05, 0) is 43.4 Å². The van der Waals surface area contributed by atoms with Crippen LogP contribution >= 0.6 is 0 Å². The van der Waals surface area contributed by atoms with Gasteiger partial charge in [0.15, 0.2) is 0 Å². The number of nitrogens with zero attached hydrogens (tertiary/aromatic N) is 1. The van der Waals surface area contributed by atoms with Crippen LogP contribution in [0.2, 0.25) is 0 Å². The van der Waals surface area contributed by atoms with Gasteiger partial charge in [0, 0.05) is 19.7 Å². The summed E-state index contributed by atoms with van der Waals surface area (Å²) in [6.07, 6.45) is 4.91. The van der Waals surface area contributed by atoms with Crippen LogP contribution in [0.5, 0.6) is 0 Å². The van der Waals surface area contributed by atoms with E-state index in [4.69, 9.17) is 10.9 Å². The summed E-state index contributed by atoms with van der Waals surface area (Å²) in [6, 6.07) is 0. The summed E-state index contributed by atoms with van der Waals surface area (Å²) in [4.78, 5) is 0. The Morgan fingerprint density at radius 1 is 1.31 bits per heavy atom. The first-order valence-corrected chi connectivity index (χ1v) is 5.41. The zero-order valence-corrected chi connectivity index (χ0v) is 8.15. The SMILES string of the molecule is NN1CCC(C2CC2CCO)CC1. The molecule has 2 fully saturated rings. The lowest BCUT2D eigenvalue weighted by molar-refractivity contribution is 0.169. The van der Waals surface area contributed by atoms with E-state index >= 15 is 0 Å². The topological polar surface area (TPSA) is 49.5 Å². The first-order valence-electron chi connectivity index (χ1n) is 5.41. The lowest BCUT2D eigenvalue weighted by Crippen LogP contribution is -2.39. The van der Waals surface area contributed by atoms with E-state index in [0.29, 0.717) is 6.61 Å². The molecular weight excluding hydrogens is 164 g/mol. The lowest BCUT2D eigenvalue weighted by atomic mass is 9.91. The molecule has 76 valence electrons. The second-order valence-corrected chi connectivity index (χ2v) is 4.55. The molecule has 13 heavy (non-hydrogen) atoms. The Labute approximate surface area is 79.9 Å². The first-order chi connectivity index (χ1) is 6.31. The summed E-state index contributed by atoms with van der Waals surface area (Å²) in [5, 5.41) is 10.7. The van der Waals surface area contributed by atoms with Gasteiger partial charge >= 0.3 is 0 Å². The third-order valence-corrected chi connectivity index (χ3v) is 3.66. The highest BCUT2D eigenvalue weighted by atomic mass is 16.3. The zero-order valence-electron chi connectivity index (χ0n) is 8.15. The van der Waals surface area contributed by atoms with Crippen LogP contribution in [0, 0.1) is 17.8 Å². The standard InChI is InChI=1S/C10H20N2O/c11-12-4-1-8(2-5-12)10-7-9(10)3-6-13/h8-10,13H,1-7,11H2. The number of aliphatic hydroxyl groups excluding tert-OH is 1. The van der Waals surface area contributed by atoms with Crippen LogP contribution in [0.1, 0.15) is 25.7 Å². The molecule has 0 radical (unpaired) electrons. The molecular formula is C10H20N2O. The van der Waals surface area contributed by atoms with Crippen LogP contribution in [0.15, 0.2) is 0 Å². The molecule has 1 saturated carbocycles. The summed E-state index contributed by atoms with van der Waals surface area (Å²) in [5.74, 6) is 8.35. The molecule has 1 saturated heterocycles. The van der Waals surface area contributed by atoms with Crippen molar-refractivity contribution in [1.82, 2.24) is 5.01 Å². The van der Waals surface area contributed by atoms with E-state index in [1.807, 2.05) is 5.01 Å². The van der Waals surface area contributed by atoms with Gasteiger partial charge in [-0.3, -0.25) is 5.84 Å². The van der Waals surface area contributed by atoms with Gasteiger partial charge < -0.3 is 5.11 Å². The number of hydrazine groups is 1. The van der Waals surface area contributed by atoms with Crippen LogP contribution in [0.25, 0.3) is 0 Å². The molecule has 2 atom stereocenters. The van der Waals surface area contributed by atoms with Crippen LogP contribution in [-0.4, -0.2) is 29.8 Å². The van der Waals surface area contributed by atoms with Gasteiger partial charge in [0.05, 0.1) is 0 Å². The smallest absolute Gasteiger partial charge is 0.0433 e. The van der Waals surface area contributed by atoms with Crippen molar-refractivity contribution in [1.29, 1.82) is 0 Å². The van der Waals surface area contributed by atoms with Gasteiger partial charge in [0.2, 0.25) is 0 Å². The van der Waals surface area contributed by atoms with Gasteiger partial charge in [0.25, 0.3) is 0 Å². The van der Waals surface area contributed by atoms with Gasteiger partial charge in [0.1, 0.15) is 0 Å². The second-order valence-electron chi connectivity index (χ2n) is 4.55. The van der Waals surface area contributed by atoms with Crippen molar-refractivity contribution in [2.24, 2.45) is 23.6 Å². The molecule has 0 aromatic rings. The fraction of sp³-hybridized carbons (Fsp3) is 1.00. The van der Waals surface area contributed by atoms with Gasteiger partial charge in [-0.1, -0.05) is 0 Å². The number of nitrogens with two attached hydrogens (primary N) is 1. The van der Waals surface area contributed by atoms with E-state index in [1.165, 1.54) is 19.3 Å². The number of piperidine rings is 1. The molecule has 0 bridgehead atoms. The van der Waals surface area contributed by atoms with Gasteiger partial charge in [-0.2, -0.15) is 0 Å². The van der Waals surface area contributed by atoms with Crippen molar-refractivity contribution in [3.63, 3.8) is 0 Å². The van der Waals surface area contributed by atoms with Crippen LogP contribution in [0.4, 0.5) is 0 Å². The van der Waals surface area contributed by atoms with Crippen molar-refractivity contribution in [2.45, 2.75) is 25.7 Å². The third kappa shape index (κ3) is 2.22. The Morgan fingerprint density at radius 3 is 2.62 bits per heavy atom. The average Bonchev–Trinajstić information content (AvgIpc) is 2.86. The normalized spacial score (nSPS) is 36.5. The monoisotopic (exact) mass is 184 g/mol. The summed E-state index contributed by atoms with van der Waals surface area (Å²) in [7, 11) is 0. The fourth-order valence-electron chi connectivity index (χ4n) is 2.69. The van der Waals surface area contributed by atoms with Gasteiger partial charge in [-0.25, -0.2) is 5.01 Å². The van der Waals surface area contributed by atoms with E-state index in [0.717, 1.165) is 37.3 Å². The molecule has 3 N–H and O–H groups in total. The molecule has 3 heteroatoms. The highest BCUT2D eigenvalue weighted by Crippen LogP contribution is 2.49. The molecule has 0 aromatic carbocycles. The van der Waals surface area contributed by atoms with Crippen molar-refractivity contribution < 1.29 is 5.11 Å². The minimum absolute atomic E-state index is 0.372. The summed E-state index contributed by atoms with van der Waals surface area (Å²) >= 11 is 0. The summed E-state index contributed by atoms with van der Waals surface area (Å²) < 4.78 is 0. The van der Waals surface area contributed by atoms with Crippen molar-refractivity contribution >= 4 is 0 Å². The molecule has 1 aliphatic carbocycles. The summed E-state index contributed by atoms with van der Waals surface area (Å²) in [6.45, 7) is 2.50. The van der Waals surface area contributed by atoms with Crippen molar-refractivity contribution in [3.8, 4) is 0 Å². The van der Waals surface area contributed by atoms with Gasteiger partial charge in [-0.15, -0.1) is 0 Å². The third-order valence-electron chi connectivity index (χ3n) is 3.66. The van der Waals surface area contributed by atoms with E-state index in [-0.39, 0.29) is 0 Å². The minimum Gasteiger partial charge on any atom is -0.396 e. The minimum atomic E-state index is 0.372. The molecule has 0 spiro atoms. The fourth-order valence-corrected chi connectivity index (χ4v) is 2.69. The molecule has 2 aliphatic rings. The molecule has 3 nitrogen and oxygen atoms in total. The Balaban J connectivity index is 1.71. The number of hydrogen-bond acceptors (Lipinski definition) is 3. The molecule has 2 rings (SSSR count). The highest BCUT2D eigenvalue weighted by Gasteiger charge is 2.42. The van der Waals surface area contributed by atoms with E-state index in [2.05, 4.69) is 0 Å². The van der Waals surface area contributed by atoms with Crippen LogP contribution in [0.3, 0.4) is 0 Å². The number of hydrogen-bond donors (Lipinski definition) is 2. The maximum atomic E-state index is 8.81.